The molecule has 0 radical (unpaired) electrons. The molecule has 1 heterocycles. The summed E-state index contributed by atoms with van der Waals surface area (Å²) in [6.07, 6.45) is 0.931. The molecule has 0 bridgehead atoms. The van der Waals surface area contributed by atoms with Crippen LogP contribution in [0.15, 0.2) is 40.2 Å². The van der Waals surface area contributed by atoms with Crippen molar-refractivity contribution in [2.75, 3.05) is 6.61 Å². The summed E-state index contributed by atoms with van der Waals surface area (Å²) in [5, 5.41) is 4.08. The summed E-state index contributed by atoms with van der Waals surface area (Å²) in [6.45, 7) is 4.52. The van der Waals surface area contributed by atoms with Gasteiger partial charge < -0.3 is 9.72 Å². The molecule has 0 aliphatic rings. The smallest absolute Gasteiger partial charge is 0.251 e. The van der Waals surface area contributed by atoms with E-state index in [1.807, 2.05) is 31.2 Å². The van der Waals surface area contributed by atoms with Gasteiger partial charge in [-0.3, -0.25) is 14.6 Å². The molecule has 0 spiro atoms. The van der Waals surface area contributed by atoms with E-state index >= 15 is 0 Å². The Balaban J connectivity index is 1.96. The van der Waals surface area contributed by atoms with E-state index in [1.165, 1.54) is 6.07 Å². The minimum absolute atomic E-state index is 0.0197. The summed E-state index contributed by atoms with van der Waals surface area (Å²) in [7, 11) is 0. The van der Waals surface area contributed by atoms with Crippen molar-refractivity contribution in [1.29, 1.82) is 0 Å². The number of hydrazone groups is 1. The summed E-state index contributed by atoms with van der Waals surface area (Å²) in [5.41, 5.74) is 4.08. The Morgan fingerprint density at radius 3 is 2.64 bits per heavy atom. The van der Waals surface area contributed by atoms with Crippen LogP contribution < -0.4 is 15.7 Å². The van der Waals surface area contributed by atoms with Crippen molar-refractivity contribution < 1.29 is 9.53 Å². The van der Waals surface area contributed by atoms with Gasteiger partial charge in [-0.25, -0.2) is 5.43 Å². The van der Waals surface area contributed by atoms with Crippen LogP contribution in [0.5, 0.6) is 5.75 Å². The molecule has 7 nitrogen and oxygen atoms in total. The highest BCUT2D eigenvalue weighted by Gasteiger charge is 2.05. The first kappa shape index (κ1) is 18.6. The lowest BCUT2D eigenvalue weighted by atomic mass is 10.1. The average Bonchev–Trinajstić information content (AvgIpc) is 2.57. The molecule has 1 aromatic heterocycles. The Bertz CT molecular complexity index is 840. The normalized spacial score (nSPS) is 11.2. The number of carbonyl (C=O) groups excluding carboxylic acids is 1. The number of nitrogens with zero attached hydrogens (tertiary/aromatic N) is 1. The summed E-state index contributed by atoms with van der Waals surface area (Å²) in [6, 6.07) is 8.78. The molecule has 3 N–H and O–H groups in total. The summed E-state index contributed by atoms with van der Waals surface area (Å²) < 4.78 is 5.70. The zero-order chi connectivity index (χ0) is 18.2. The second-order valence-electron chi connectivity index (χ2n) is 5.39. The Labute approximate surface area is 150 Å². The Kier molecular flexibility index (Phi) is 6.64. The number of aromatic amines is 2. The Morgan fingerprint density at radius 1 is 1.28 bits per heavy atom. The van der Waals surface area contributed by atoms with E-state index < -0.39 is 0 Å². The number of rotatable bonds is 7. The van der Waals surface area contributed by atoms with E-state index in [1.54, 1.807) is 6.92 Å². The van der Waals surface area contributed by atoms with E-state index in [9.17, 15) is 9.59 Å². The largest absolute Gasteiger partial charge is 0.494 e. The van der Waals surface area contributed by atoms with E-state index in [4.69, 9.17) is 17.0 Å². The topological polar surface area (TPSA) is 99.3 Å². The SMILES string of the molecule is CCCOc1ccc(/C(C)=N\NC(=O)Cc2cc(=O)[nH]c(=S)[nH]2)cc1. The average molecular weight is 360 g/mol. The quantitative estimate of drug-likeness (QED) is 0.401. The van der Waals surface area contributed by atoms with Gasteiger partial charge in [0.05, 0.1) is 18.7 Å². The molecule has 0 aliphatic carbocycles. The highest BCUT2D eigenvalue weighted by molar-refractivity contribution is 7.71. The van der Waals surface area contributed by atoms with Gasteiger partial charge in [0.2, 0.25) is 5.91 Å². The van der Waals surface area contributed by atoms with Gasteiger partial charge in [-0.1, -0.05) is 6.92 Å². The van der Waals surface area contributed by atoms with Crippen molar-refractivity contribution in [2.45, 2.75) is 26.7 Å². The lowest BCUT2D eigenvalue weighted by Gasteiger charge is -2.06. The summed E-state index contributed by atoms with van der Waals surface area (Å²) in [4.78, 5) is 28.4. The maximum atomic E-state index is 11.9. The van der Waals surface area contributed by atoms with Crippen LogP contribution in [-0.2, 0) is 11.2 Å². The molecule has 2 rings (SSSR count). The van der Waals surface area contributed by atoms with Gasteiger partial charge in [0.15, 0.2) is 4.77 Å². The Hall–Kier alpha value is -2.74. The minimum atomic E-state index is -0.350. The third-order valence-corrected chi connectivity index (χ3v) is 3.46. The van der Waals surface area contributed by atoms with E-state index in [-0.39, 0.29) is 22.7 Å². The second-order valence-corrected chi connectivity index (χ2v) is 5.80. The highest BCUT2D eigenvalue weighted by Crippen LogP contribution is 2.13. The number of hydrogen-bond donors (Lipinski definition) is 3. The molecule has 0 atom stereocenters. The molecule has 132 valence electrons. The zero-order valence-electron chi connectivity index (χ0n) is 14.1. The summed E-state index contributed by atoms with van der Waals surface area (Å²) in [5.74, 6) is 0.450. The first-order valence-corrected chi connectivity index (χ1v) is 8.27. The van der Waals surface area contributed by atoms with Crippen LogP contribution in [-0.4, -0.2) is 28.2 Å². The molecule has 1 amide bonds. The van der Waals surface area contributed by atoms with Crippen LogP contribution in [0.3, 0.4) is 0 Å². The standard InChI is InChI=1S/C17H20N4O3S/c1-3-8-24-14-6-4-12(5-7-14)11(2)20-21-16(23)10-13-9-15(22)19-17(25)18-13/h4-7,9H,3,8,10H2,1-2H3,(H,21,23)(H2,18,19,22,25)/b20-11-. The lowest BCUT2D eigenvalue weighted by Crippen LogP contribution is -2.23. The number of carbonyl (C=O) groups is 1. The van der Waals surface area contributed by atoms with Crippen LogP contribution in [0.4, 0.5) is 0 Å². The molecule has 2 aromatic rings. The van der Waals surface area contributed by atoms with Crippen molar-refractivity contribution in [1.82, 2.24) is 15.4 Å². The molecule has 0 unspecified atom stereocenters. The van der Waals surface area contributed by atoms with Gasteiger partial charge in [-0.2, -0.15) is 5.10 Å². The molecular formula is C17H20N4O3S. The van der Waals surface area contributed by atoms with Crippen molar-refractivity contribution in [2.24, 2.45) is 5.10 Å². The van der Waals surface area contributed by atoms with Crippen molar-refractivity contribution in [3.8, 4) is 5.75 Å². The molecular weight excluding hydrogens is 340 g/mol. The van der Waals surface area contributed by atoms with E-state index in [0.29, 0.717) is 18.0 Å². The Morgan fingerprint density at radius 2 is 2.00 bits per heavy atom. The van der Waals surface area contributed by atoms with Crippen molar-refractivity contribution in [3.05, 3.63) is 56.7 Å². The highest BCUT2D eigenvalue weighted by atomic mass is 32.1. The maximum Gasteiger partial charge on any atom is 0.251 e. The van der Waals surface area contributed by atoms with Crippen LogP contribution in [0.25, 0.3) is 0 Å². The van der Waals surface area contributed by atoms with Gasteiger partial charge in [0.25, 0.3) is 5.56 Å². The van der Waals surface area contributed by atoms with Crippen molar-refractivity contribution >= 4 is 23.8 Å². The van der Waals surface area contributed by atoms with Crippen molar-refractivity contribution in [3.63, 3.8) is 0 Å². The number of hydrogen-bond acceptors (Lipinski definition) is 5. The maximum absolute atomic E-state index is 11.9. The molecule has 1 aromatic carbocycles. The fourth-order valence-electron chi connectivity index (χ4n) is 2.05. The minimum Gasteiger partial charge on any atom is -0.494 e. The van der Waals surface area contributed by atoms with Crippen LogP contribution in [0, 0.1) is 4.77 Å². The second kappa shape index (κ2) is 8.93. The van der Waals surface area contributed by atoms with Gasteiger partial charge in [-0.15, -0.1) is 0 Å². The molecule has 25 heavy (non-hydrogen) atoms. The number of ether oxygens (including phenoxy) is 1. The third-order valence-electron chi connectivity index (χ3n) is 3.26. The molecule has 8 heteroatoms. The molecule has 0 aliphatic heterocycles. The summed E-state index contributed by atoms with van der Waals surface area (Å²) >= 11 is 4.87. The van der Waals surface area contributed by atoms with E-state index in [2.05, 4.69) is 20.5 Å². The fraction of sp³-hybridized carbons (Fsp3) is 0.294. The first-order valence-electron chi connectivity index (χ1n) is 7.87. The van der Waals surface area contributed by atoms with Gasteiger partial charge in [0.1, 0.15) is 5.75 Å². The zero-order valence-corrected chi connectivity index (χ0v) is 14.9. The first-order chi connectivity index (χ1) is 12.0. The molecule has 0 saturated heterocycles. The lowest BCUT2D eigenvalue weighted by molar-refractivity contribution is -0.120. The number of amides is 1. The molecule has 0 fully saturated rings. The molecule has 0 saturated carbocycles. The third kappa shape index (κ3) is 6.00. The van der Waals surface area contributed by atoms with Gasteiger partial charge in [-0.05, 0) is 55.4 Å². The number of H-pyrrole nitrogens is 2. The number of nitrogens with one attached hydrogen (secondary N) is 3. The van der Waals surface area contributed by atoms with Gasteiger partial charge >= 0.3 is 0 Å². The fourth-order valence-corrected chi connectivity index (χ4v) is 2.28. The van der Waals surface area contributed by atoms with Crippen LogP contribution >= 0.6 is 12.2 Å². The van der Waals surface area contributed by atoms with E-state index in [0.717, 1.165) is 17.7 Å². The number of benzene rings is 1. The predicted octanol–water partition coefficient (Wildman–Crippen LogP) is 2.30. The monoisotopic (exact) mass is 360 g/mol. The van der Waals surface area contributed by atoms with Crippen LogP contribution in [0.2, 0.25) is 0 Å². The van der Waals surface area contributed by atoms with Gasteiger partial charge in [0, 0.05) is 11.8 Å². The number of aromatic nitrogens is 2. The predicted molar refractivity (Wildman–Crippen MR) is 98.5 cm³/mol. The van der Waals surface area contributed by atoms with Crippen LogP contribution in [0.1, 0.15) is 31.5 Å².